The van der Waals surface area contributed by atoms with Gasteiger partial charge in [-0.25, -0.2) is 9.07 Å². The van der Waals surface area contributed by atoms with Gasteiger partial charge in [0.15, 0.2) is 5.82 Å². The van der Waals surface area contributed by atoms with Gasteiger partial charge in [-0.1, -0.05) is 34.5 Å². The maximum atomic E-state index is 13.9. The van der Waals surface area contributed by atoms with E-state index in [2.05, 4.69) is 20.5 Å². The van der Waals surface area contributed by atoms with Gasteiger partial charge in [-0.3, -0.25) is 4.57 Å². The summed E-state index contributed by atoms with van der Waals surface area (Å²) in [6, 6.07) is 6.36. The Morgan fingerprint density at radius 1 is 1.11 bits per heavy atom. The fraction of sp³-hybridized carbons (Fsp3) is 0.304. The smallest absolute Gasteiger partial charge is 0.394 e. The van der Waals surface area contributed by atoms with Crippen LogP contribution in [0.2, 0.25) is 10.0 Å². The fourth-order valence-corrected chi connectivity index (χ4v) is 4.64. The highest BCUT2D eigenvalue weighted by atomic mass is 35.5. The van der Waals surface area contributed by atoms with Gasteiger partial charge in [0, 0.05) is 17.0 Å². The third-order valence-electron chi connectivity index (χ3n) is 6.20. The number of hydrogen-bond acceptors (Lipinski definition) is 7. The predicted octanol–water partition coefficient (Wildman–Crippen LogP) is 4.42. The SMILES string of the molecule is OCC1OC(c2nncn2-c2cc(Cl)ccc2C(F)(F)F)CC(n2cc(-c3ccc(Cl)c(F)c3)nn2)C1O. The minimum Gasteiger partial charge on any atom is -0.394 e. The molecule has 5 rings (SSSR count). The van der Waals surface area contributed by atoms with E-state index < -0.39 is 48.5 Å². The Bertz CT molecular complexity index is 1460. The summed E-state index contributed by atoms with van der Waals surface area (Å²) in [4.78, 5) is 0. The van der Waals surface area contributed by atoms with E-state index in [1.807, 2.05) is 0 Å². The molecule has 3 heterocycles. The van der Waals surface area contributed by atoms with Crippen LogP contribution >= 0.6 is 23.2 Å². The summed E-state index contributed by atoms with van der Waals surface area (Å²) in [5.41, 5.74) is -0.613. The molecule has 2 N–H and O–H groups in total. The highest BCUT2D eigenvalue weighted by Gasteiger charge is 2.42. The van der Waals surface area contributed by atoms with E-state index in [1.165, 1.54) is 23.0 Å². The summed E-state index contributed by atoms with van der Waals surface area (Å²) in [6.07, 6.45) is -5.56. The van der Waals surface area contributed by atoms with Crippen LogP contribution in [0.1, 0.15) is 30.0 Å². The van der Waals surface area contributed by atoms with Crippen LogP contribution in [0, 0.1) is 5.82 Å². The van der Waals surface area contributed by atoms with Crippen LogP contribution < -0.4 is 0 Å². The van der Waals surface area contributed by atoms with Crippen LogP contribution in [0.5, 0.6) is 0 Å². The minimum absolute atomic E-state index is 0.00627. The van der Waals surface area contributed by atoms with E-state index >= 15 is 0 Å². The number of aromatic nitrogens is 6. The van der Waals surface area contributed by atoms with Crippen LogP contribution in [0.15, 0.2) is 48.9 Å². The first-order chi connectivity index (χ1) is 18.1. The van der Waals surface area contributed by atoms with Crippen molar-refractivity contribution >= 4 is 23.2 Å². The summed E-state index contributed by atoms with van der Waals surface area (Å²) in [7, 11) is 0. The van der Waals surface area contributed by atoms with Gasteiger partial charge in [-0.15, -0.1) is 15.3 Å². The van der Waals surface area contributed by atoms with E-state index in [0.717, 1.165) is 29.1 Å². The van der Waals surface area contributed by atoms with Crippen molar-refractivity contribution in [1.29, 1.82) is 0 Å². The number of alkyl halides is 3. The van der Waals surface area contributed by atoms with Gasteiger partial charge in [0.05, 0.1) is 35.1 Å². The second-order valence-corrected chi connectivity index (χ2v) is 9.41. The number of rotatable bonds is 5. The van der Waals surface area contributed by atoms with Gasteiger partial charge < -0.3 is 14.9 Å². The van der Waals surface area contributed by atoms with Gasteiger partial charge in [0.2, 0.25) is 0 Å². The minimum atomic E-state index is -4.69. The normalized spacial score (nSPS) is 22.1. The molecule has 0 saturated carbocycles. The van der Waals surface area contributed by atoms with Crippen molar-refractivity contribution in [2.24, 2.45) is 0 Å². The van der Waals surface area contributed by atoms with Crippen molar-refractivity contribution in [3.8, 4) is 16.9 Å². The molecule has 1 aliphatic rings. The zero-order valence-electron chi connectivity index (χ0n) is 19.1. The van der Waals surface area contributed by atoms with E-state index in [9.17, 15) is 27.8 Å². The Morgan fingerprint density at radius 3 is 2.61 bits per heavy atom. The summed E-state index contributed by atoms with van der Waals surface area (Å²) >= 11 is 11.7. The van der Waals surface area contributed by atoms with Gasteiger partial charge in [-0.2, -0.15) is 13.2 Å². The molecule has 1 saturated heterocycles. The number of ether oxygens (including phenoxy) is 1. The molecule has 2 aromatic heterocycles. The molecule has 9 nitrogen and oxygen atoms in total. The monoisotopic (exact) mass is 572 g/mol. The molecule has 200 valence electrons. The third kappa shape index (κ3) is 4.99. The lowest BCUT2D eigenvalue weighted by Crippen LogP contribution is -2.45. The molecule has 4 aromatic rings. The molecule has 1 fully saturated rings. The number of aliphatic hydroxyl groups is 2. The molecule has 15 heteroatoms. The lowest BCUT2D eigenvalue weighted by atomic mass is 9.95. The van der Waals surface area contributed by atoms with Gasteiger partial charge in [-0.05, 0) is 30.3 Å². The Balaban J connectivity index is 1.50. The molecule has 0 amide bonds. The zero-order valence-corrected chi connectivity index (χ0v) is 20.6. The molecule has 1 aliphatic heterocycles. The maximum absolute atomic E-state index is 13.9. The molecule has 4 atom stereocenters. The first kappa shape index (κ1) is 26.5. The molecule has 0 spiro atoms. The van der Waals surface area contributed by atoms with Crippen LogP contribution in [0.3, 0.4) is 0 Å². The van der Waals surface area contributed by atoms with E-state index in [1.54, 1.807) is 6.07 Å². The summed E-state index contributed by atoms with van der Waals surface area (Å²) in [6.45, 7) is -0.600. The van der Waals surface area contributed by atoms with Gasteiger partial charge >= 0.3 is 6.18 Å². The van der Waals surface area contributed by atoms with Gasteiger partial charge in [0.25, 0.3) is 0 Å². The van der Waals surface area contributed by atoms with Crippen LogP contribution in [0.4, 0.5) is 17.6 Å². The number of hydrogen-bond donors (Lipinski definition) is 2. The summed E-state index contributed by atoms with van der Waals surface area (Å²) < 4.78 is 63.4. The second kappa shape index (κ2) is 10.2. The molecule has 2 aromatic carbocycles. The highest BCUT2D eigenvalue weighted by Crippen LogP contribution is 2.40. The molecule has 0 radical (unpaired) electrons. The number of nitrogens with zero attached hydrogens (tertiary/aromatic N) is 6. The van der Waals surface area contributed by atoms with E-state index in [4.69, 9.17) is 27.9 Å². The van der Waals surface area contributed by atoms with Crippen molar-refractivity contribution in [2.45, 2.75) is 37.0 Å². The number of aliphatic hydroxyl groups excluding tert-OH is 2. The van der Waals surface area contributed by atoms with Crippen LogP contribution in [-0.4, -0.2) is 58.8 Å². The molecule has 0 bridgehead atoms. The fourth-order valence-electron chi connectivity index (χ4n) is 4.35. The highest BCUT2D eigenvalue weighted by molar-refractivity contribution is 6.31. The zero-order chi connectivity index (χ0) is 27.2. The van der Waals surface area contributed by atoms with Crippen LogP contribution in [0.25, 0.3) is 16.9 Å². The van der Waals surface area contributed by atoms with E-state index in [0.29, 0.717) is 5.56 Å². The average molecular weight is 573 g/mol. The Kier molecular flexibility index (Phi) is 7.13. The standard InChI is InChI=1S/C23H18Cl2F4N6O3/c24-12-2-3-13(23(27,28)29)17(6-12)34-10-30-32-22(34)19-7-18(21(37)20(9-36)38-19)35-8-16(31-33-35)11-1-4-14(25)15(26)5-11/h1-6,8,10,18-21,36-37H,7,9H2. The summed E-state index contributed by atoms with van der Waals surface area (Å²) in [5.74, 6) is -0.656. The maximum Gasteiger partial charge on any atom is 0.418 e. The quantitative estimate of drug-likeness (QED) is 0.341. The molecule has 4 unspecified atom stereocenters. The molecule has 38 heavy (non-hydrogen) atoms. The lowest BCUT2D eigenvalue weighted by Gasteiger charge is -2.38. The van der Waals surface area contributed by atoms with E-state index in [-0.39, 0.29) is 33.7 Å². The first-order valence-electron chi connectivity index (χ1n) is 11.2. The van der Waals surface area contributed by atoms with Crippen molar-refractivity contribution < 1.29 is 32.5 Å². The predicted molar refractivity (Wildman–Crippen MR) is 126 cm³/mol. The Labute approximate surface area is 222 Å². The van der Waals surface area contributed by atoms with Crippen molar-refractivity contribution in [3.63, 3.8) is 0 Å². The first-order valence-corrected chi connectivity index (χ1v) is 11.9. The van der Waals surface area contributed by atoms with Gasteiger partial charge in [0.1, 0.15) is 36.2 Å². The van der Waals surface area contributed by atoms with Crippen molar-refractivity contribution in [2.75, 3.05) is 6.61 Å². The lowest BCUT2D eigenvalue weighted by molar-refractivity contribution is -0.161. The van der Waals surface area contributed by atoms with Crippen LogP contribution in [-0.2, 0) is 10.9 Å². The molecular weight excluding hydrogens is 555 g/mol. The number of halogens is 6. The topological polar surface area (TPSA) is 111 Å². The van der Waals surface area contributed by atoms with Crippen molar-refractivity contribution in [1.82, 2.24) is 29.8 Å². The Morgan fingerprint density at radius 2 is 1.89 bits per heavy atom. The molecular formula is C23H18Cl2F4N6O3. The summed E-state index contributed by atoms with van der Waals surface area (Å²) in [5, 5.41) is 36.6. The largest absolute Gasteiger partial charge is 0.418 e. The van der Waals surface area contributed by atoms with Crippen molar-refractivity contribution in [3.05, 3.63) is 76.2 Å². The number of benzene rings is 2. The molecule has 0 aliphatic carbocycles. The Hall–Kier alpha value is -3.10. The second-order valence-electron chi connectivity index (χ2n) is 8.57. The average Bonchev–Trinajstić information content (AvgIpc) is 3.55. The third-order valence-corrected chi connectivity index (χ3v) is 6.74.